The summed E-state index contributed by atoms with van der Waals surface area (Å²) in [6, 6.07) is 39.8. The molecule has 1 aliphatic rings. The third kappa shape index (κ3) is 3.69. The molecule has 4 aromatic carbocycles. The largest absolute Gasteiger partial charge is 0.292 e. The zero-order valence-corrected chi connectivity index (χ0v) is 17.2. The molecule has 0 aliphatic carbocycles. The first-order chi connectivity index (χ1) is 14.9. The van der Waals surface area contributed by atoms with Crippen molar-refractivity contribution in [2.45, 2.75) is 18.9 Å². The summed E-state index contributed by atoms with van der Waals surface area (Å²) in [7, 11) is 0. The Morgan fingerprint density at radius 1 is 0.467 bits per heavy atom. The van der Waals surface area contributed by atoms with Gasteiger partial charge in [0.15, 0.2) is 0 Å². The van der Waals surface area contributed by atoms with Crippen molar-refractivity contribution < 1.29 is 0 Å². The molecule has 0 spiro atoms. The zero-order chi connectivity index (χ0) is 20.2. The molecule has 1 fully saturated rings. The van der Waals surface area contributed by atoms with E-state index in [2.05, 4.69) is 114 Å². The van der Waals surface area contributed by atoms with Gasteiger partial charge in [-0.25, -0.2) is 0 Å². The quantitative estimate of drug-likeness (QED) is 0.349. The highest BCUT2D eigenvalue weighted by Gasteiger charge is 2.28. The lowest BCUT2D eigenvalue weighted by Gasteiger charge is -2.32. The first kappa shape index (κ1) is 18.8. The van der Waals surface area contributed by atoms with Gasteiger partial charge in [0, 0.05) is 0 Å². The molecular formula is C29H27N. The van der Waals surface area contributed by atoms with Gasteiger partial charge in [0.25, 0.3) is 0 Å². The molecule has 0 aromatic heterocycles. The summed E-state index contributed by atoms with van der Waals surface area (Å²) in [6.07, 6.45) is 2.55. The molecular weight excluding hydrogens is 362 g/mol. The number of nitrogens with zero attached hydrogens (tertiary/aromatic N) is 1. The van der Waals surface area contributed by atoms with E-state index in [0.717, 1.165) is 13.1 Å². The molecule has 1 heteroatoms. The van der Waals surface area contributed by atoms with Crippen molar-refractivity contribution in [1.29, 1.82) is 0 Å². The first-order valence-corrected chi connectivity index (χ1v) is 10.9. The van der Waals surface area contributed by atoms with Gasteiger partial charge in [-0.2, -0.15) is 0 Å². The Labute approximate surface area is 179 Å². The van der Waals surface area contributed by atoms with Crippen LogP contribution in [0.4, 0.5) is 0 Å². The molecule has 1 aliphatic heterocycles. The minimum atomic E-state index is 0.250. The van der Waals surface area contributed by atoms with Gasteiger partial charge in [-0.05, 0) is 59.3 Å². The van der Waals surface area contributed by atoms with Crippen molar-refractivity contribution >= 4 is 0 Å². The fourth-order valence-electron chi connectivity index (χ4n) is 4.79. The minimum Gasteiger partial charge on any atom is -0.292 e. The molecule has 1 heterocycles. The number of hydrogen-bond acceptors (Lipinski definition) is 1. The van der Waals surface area contributed by atoms with Gasteiger partial charge >= 0.3 is 0 Å². The summed E-state index contributed by atoms with van der Waals surface area (Å²) >= 11 is 0. The van der Waals surface area contributed by atoms with E-state index in [4.69, 9.17) is 0 Å². The van der Waals surface area contributed by atoms with Crippen molar-refractivity contribution in [3.05, 3.63) is 120 Å². The predicted octanol–water partition coefficient (Wildman–Crippen LogP) is 7.21. The van der Waals surface area contributed by atoms with Crippen LogP contribution in [0.5, 0.6) is 0 Å². The van der Waals surface area contributed by atoms with Crippen LogP contribution in [0.1, 0.15) is 30.0 Å². The highest BCUT2D eigenvalue weighted by atomic mass is 15.2. The summed E-state index contributed by atoms with van der Waals surface area (Å²) in [5.41, 5.74) is 8.03. The van der Waals surface area contributed by atoms with Crippen LogP contribution >= 0.6 is 0 Å². The molecule has 148 valence electrons. The van der Waals surface area contributed by atoms with E-state index in [1.165, 1.54) is 46.2 Å². The van der Waals surface area contributed by atoms with Gasteiger partial charge < -0.3 is 0 Å². The Morgan fingerprint density at radius 3 is 1.33 bits per heavy atom. The number of hydrogen-bond donors (Lipinski definition) is 0. The van der Waals surface area contributed by atoms with Crippen molar-refractivity contribution in [1.82, 2.24) is 4.90 Å². The normalized spacial score (nSPS) is 14.3. The second kappa shape index (κ2) is 8.69. The van der Waals surface area contributed by atoms with Crippen LogP contribution in [0.3, 0.4) is 0 Å². The summed E-state index contributed by atoms with van der Waals surface area (Å²) in [5, 5.41) is 0. The standard InChI is InChI=1S/C29H27N/c1-3-13-23(14-4-1)25-17-7-9-19-27(25)29(30-21-11-12-22-30)28-20-10-8-18-26(28)24-15-5-2-6-16-24/h1-10,13-20,29H,11-12,21-22H2. The molecule has 5 rings (SSSR count). The van der Waals surface area contributed by atoms with Gasteiger partial charge in [-0.3, -0.25) is 4.90 Å². The maximum atomic E-state index is 2.67. The Balaban J connectivity index is 1.70. The van der Waals surface area contributed by atoms with E-state index < -0.39 is 0 Å². The highest BCUT2D eigenvalue weighted by molar-refractivity contribution is 5.73. The fraction of sp³-hybridized carbons (Fsp3) is 0.172. The lowest BCUT2D eigenvalue weighted by atomic mass is 9.86. The average Bonchev–Trinajstić information content (AvgIpc) is 3.36. The Bertz CT molecular complexity index is 1010. The van der Waals surface area contributed by atoms with Crippen molar-refractivity contribution in [2.75, 3.05) is 13.1 Å². The van der Waals surface area contributed by atoms with Gasteiger partial charge in [-0.15, -0.1) is 0 Å². The van der Waals surface area contributed by atoms with E-state index in [9.17, 15) is 0 Å². The molecule has 30 heavy (non-hydrogen) atoms. The molecule has 1 nitrogen and oxygen atoms in total. The molecule has 0 unspecified atom stereocenters. The molecule has 1 saturated heterocycles. The lowest BCUT2D eigenvalue weighted by Crippen LogP contribution is -2.27. The molecule has 0 radical (unpaired) electrons. The molecule has 0 bridgehead atoms. The van der Waals surface area contributed by atoms with Crippen molar-refractivity contribution in [3.63, 3.8) is 0 Å². The van der Waals surface area contributed by atoms with Crippen LogP contribution in [-0.2, 0) is 0 Å². The van der Waals surface area contributed by atoms with Crippen molar-refractivity contribution in [2.24, 2.45) is 0 Å². The predicted molar refractivity (Wildman–Crippen MR) is 126 cm³/mol. The fourth-order valence-corrected chi connectivity index (χ4v) is 4.79. The summed E-state index contributed by atoms with van der Waals surface area (Å²) in [4.78, 5) is 2.67. The van der Waals surface area contributed by atoms with E-state index in [0.29, 0.717) is 0 Å². The monoisotopic (exact) mass is 389 g/mol. The molecule has 0 N–H and O–H groups in total. The molecule has 4 aromatic rings. The Morgan fingerprint density at radius 2 is 0.867 bits per heavy atom. The van der Waals surface area contributed by atoms with E-state index in [1.54, 1.807) is 0 Å². The van der Waals surface area contributed by atoms with Crippen LogP contribution < -0.4 is 0 Å². The maximum absolute atomic E-state index is 2.67. The van der Waals surface area contributed by atoms with Crippen molar-refractivity contribution in [3.8, 4) is 22.3 Å². The average molecular weight is 390 g/mol. The van der Waals surface area contributed by atoms with Gasteiger partial charge in [-0.1, -0.05) is 109 Å². The Hall–Kier alpha value is -3.16. The molecule has 0 atom stereocenters. The second-order valence-electron chi connectivity index (χ2n) is 8.05. The van der Waals surface area contributed by atoms with Crippen LogP contribution in [0, 0.1) is 0 Å². The highest BCUT2D eigenvalue weighted by Crippen LogP contribution is 2.41. The lowest BCUT2D eigenvalue weighted by molar-refractivity contribution is 0.282. The van der Waals surface area contributed by atoms with Crippen LogP contribution in [0.2, 0.25) is 0 Å². The number of likely N-dealkylation sites (tertiary alicyclic amines) is 1. The van der Waals surface area contributed by atoms with Gasteiger partial charge in [0.2, 0.25) is 0 Å². The van der Waals surface area contributed by atoms with E-state index >= 15 is 0 Å². The van der Waals surface area contributed by atoms with Crippen LogP contribution in [0.15, 0.2) is 109 Å². The minimum absolute atomic E-state index is 0.250. The second-order valence-corrected chi connectivity index (χ2v) is 8.05. The van der Waals surface area contributed by atoms with Gasteiger partial charge in [0.05, 0.1) is 6.04 Å². The summed E-state index contributed by atoms with van der Waals surface area (Å²) in [6.45, 7) is 2.30. The number of benzene rings is 4. The third-order valence-electron chi connectivity index (χ3n) is 6.19. The van der Waals surface area contributed by atoms with Crippen LogP contribution in [-0.4, -0.2) is 18.0 Å². The first-order valence-electron chi connectivity index (χ1n) is 10.9. The van der Waals surface area contributed by atoms with Gasteiger partial charge in [0.1, 0.15) is 0 Å². The topological polar surface area (TPSA) is 3.24 Å². The Kier molecular flexibility index (Phi) is 5.46. The third-order valence-corrected chi connectivity index (χ3v) is 6.19. The zero-order valence-electron chi connectivity index (χ0n) is 17.2. The van der Waals surface area contributed by atoms with Crippen LogP contribution in [0.25, 0.3) is 22.3 Å². The SMILES string of the molecule is c1ccc(-c2ccccc2C(c2ccccc2-c2ccccc2)N2CCCC2)cc1. The molecule has 0 saturated carbocycles. The van der Waals surface area contributed by atoms with E-state index in [-0.39, 0.29) is 6.04 Å². The summed E-state index contributed by atoms with van der Waals surface area (Å²) < 4.78 is 0. The molecule has 0 amide bonds. The number of rotatable bonds is 5. The maximum Gasteiger partial charge on any atom is 0.0614 e. The smallest absolute Gasteiger partial charge is 0.0614 e. The summed E-state index contributed by atoms with van der Waals surface area (Å²) in [5.74, 6) is 0. The van der Waals surface area contributed by atoms with E-state index in [1.807, 2.05) is 0 Å².